The summed E-state index contributed by atoms with van der Waals surface area (Å²) >= 11 is 0. The van der Waals surface area contributed by atoms with Crippen LogP contribution >= 0.6 is 0 Å². The van der Waals surface area contributed by atoms with Crippen LogP contribution in [0.4, 0.5) is 0 Å². The average Bonchev–Trinajstić information content (AvgIpc) is 2.47. The number of hydrogen-bond donors (Lipinski definition) is 5. The van der Waals surface area contributed by atoms with Gasteiger partial charge >= 0.3 is 11.9 Å². The maximum absolute atomic E-state index is 11.8. The molecule has 1 amide bonds. The molecule has 0 radical (unpaired) electrons. The Morgan fingerprint density at radius 1 is 1.17 bits per heavy atom. The van der Waals surface area contributed by atoms with Gasteiger partial charge in [-0.1, -0.05) is 30.3 Å². The van der Waals surface area contributed by atoms with Crippen LogP contribution in [0.5, 0.6) is 0 Å². The highest BCUT2D eigenvalue weighted by atomic mass is 16.4. The Morgan fingerprint density at radius 3 is 2.30 bits per heavy atom. The highest BCUT2D eigenvalue weighted by molar-refractivity contribution is 5.86. The predicted molar refractivity (Wildman–Crippen MR) is 80.3 cm³/mol. The summed E-state index contributed by atoms with van der Waals surface area (Å²) in [6.45, 7) is 0. The first kappa shape index (κ1) is 18.6. The zero-order chi connectivity index (χ0) is 17.5. The van der Waals surface area contributed by atoms with Crippen molar-refractivity contribution in [3.05, 3.63) is 35.9 Å². The van der Waals surface area contributed by atoms with Gasteiger partial charge in [-0.05, 0) is 18.4 Å². The molecule has 8 heteroatoms. The van der Waals surface area contributed by atoms with Crippen LogP contribution in [0.15, 0.2) is 30.3 Å². The molecular weight excluding hydrogens is 304 g/mol. The summed E-state index contributed by atoms with van der Waals surface area (Å²) in [7, 11) is 0. The zero-order valence-electron chi connectivity index (χ0n) is 12.4. The molecule has 6 N–H and O–H groups in total. The molecule has 0 heterocycles. The van der Waals surface area contributed by atoms with Crippen molar-refractivity contribution in [2.75, 3.05) is 0 Å². The van der Waals surface area contributed by atoms with Crippen molar-refractivity contribution in [1.82, 2.24) is 5.32 Å². The van der Waals surface area contributed by atoms with Gasteiger partial charge < -0.3 is 26.4 Å². The number of carboxylic acids is 2. The van der Waals surface area contributed by atoms with E-state index in [1.54, 1.807) is 0 Å². The number of benzene rings is 1. The largest absolute Gasteiger partial charge is 0.481 e. The highest BCUT2D eigenvalue weighted by Crippen LogP contribution is 2.11. The van der Waals surface area contributed by atoms with Gasteiger partial charge in [0.1, 0.15) is 0 Å². The highest BCUT2D eigenvalue weighted by Gasteiger charge is 2.44. The van der Waals surface area contributed by atoms with Crippen LogP contribution in [-0.4, -0.2) is 44.9 Å². The minimum atomic E-state index is -2.82. The van der Waals surface area contributed by atoms with Crippen LogP contribution in [0.2, 0.25) is 0 Å². The number of carboxylic acid groups (broad SMARTS) is 2. The van der Waals surface area contributed by atoms with Crippen molar-refractivity contribution in [2.45, 2.75) is 37.5 Å². The van der Waals surface area contributed by atoms with Crippen molar-refractivity contribution in [3.63, 3.8) is 0 Å². The van der Waals surface area contributed by atoms with E-state index in [-0.39, 0.29) is 6.42 Å². The predicted octanol–water partition coefficient (Wildman–Crippen LogP) is -0.299. The number of aryl methyl sites for hydroxylation is 1. The lowest BCUT2D eigenvalue weighted by Gasteiger charge is -2.29. The van der Waals surface area contributed by atoms with Gasteiger partial charge in [0, 0.05) is 6.42 Å². The van der Waals surface area contributed by atoms with Gasteiger partial charge in [0.05, 0.1) is 12.5 Å². The molecule has 0 aliphatic rings. The number of aliphatic carboxylic acids is 2. The lowest BCUT2D eigenvalue weighted by molar-refractivity contribution is -0.169. The van der Waals surface area contributed by atoms with E-state index in [0.29, 0.717) is 12.8 Å². The molecule has 0 aliphatic carbocycles. The molecule has 8 nitrogen and oxygen atoms in total. The third-order valence-electron chi connectivity index (χ3n) is 3.30. The van der Waals surface area contributed by atoms with E-state index >= 15 is 0 Å². The Bertz CT molecular complexity index is 562. The van der Waals surface area contributed by atoms with Crippen LogP contribution in [0.1, 0.15) is 24.8 Å². The van der Waals surface area contributed by atoms with Crippen molar-refractivity contribution in [3.8, 4) is 0 Å². The summed E-state index contributed by atoms with van der Waals surface area (Å²) in [6.07, 6.45) is 0.234. The molecule has 0 saturated heterocycles. The summed E-state index contributed by atoms with van der Waals surface area (Å²) in [5.74, 6) is -3.90. The number of rotatable bonds is 9. The van der Waals surface area contributed by atoms with E-state index in [4.69, 9.17) is 15.9 Å². The van der Waals surface area contributed by atoms with Gasteiger partial charge in [-0.25, -0.2) is 4.79 Å². The normalized spacial score (nSPS) is 14.5. The Morgan fingerprint density at radius 2 is 1.78 bits per heavy atom. The second kappa shape index (κ2) is 8.25. The molecule has 0 aliphatic heterocycles. The first-order valence-corrected chi connectivity index (χ1v) is 7.03. The summed E-state index contributed by atoms with van der Waals surface area (Å²) in [6, 6.07) is 7.72. The summed E-state index contributed by atoms with van der Waals surface area (Å²) < 4.78 is 0. The summed E-state index contributed by atoms with van der Waals surface area (Å²) in [5, 5.41) is 29.6. The number of nitrogens with one attached hydrogen (secondary N) is 1. The molecule has 1 aromatic rings. The molecule has 23 heavy (non-hydrogen) atoms. The van der Waals surface area contributed by atoms with E-state index in [2.05, 4.69) is 0 Å². The van der Waals surface area contributed by atoms with E-state index in [1.807, 2.05) is 35.6 Å². The topological polar surface area (TPSA) is 150 Å². The molecule has 0 saturated carbocycles. The van der Waals surface area contributed by atoms with Crippen molar-refractivity contribution in [1.29, 1.82) is 0 Å². The number of nitrogens with two attached hydrogens (primary N) is 1. The fraction of sp³-hybridized carbons (Fsp3) is 0.400. The Hall–Kier alpha value is -2.45. The molecule has 0 fully saturated rings. The number of hydrogen-bond acceptors (Lipinski definition) is 5. The maximum Gasteiger partial charge on any atom is 0.358 e. The van der Waals surface area contributed by atoms with E-state index in [9.17, 15) is 19.5 Å². The molecule has 126 valence electrons. The average molecular weight is 324 g/mol. The van der Waals surface area contributed by atoms with Gasteiger partial charge in [-0.15, -0.1) is 0 Å². The Kier molecular flexibility index (Phi) is 6.67. The molecule has 0 bridgehead atoms. The standard InChI is InChI=1S/C15H20N2O6/c16-11(9-13(19)20)15(23,14(21)22)17-12(18)8-4-7-10-5-2-1-3-6-10/h1-3,5-6,11,23H,4,7-9,16H2,(H,17,18)(H,19,20)(H,21,22)/t11-,15+/m1/s1. The third kappa shape index (κ3) is 5.68. The van der Waals surface area contributed by atoms with E-state index in [0.717, 1.165) is 5.56 Å². The molecule has 0 unspecified atom stereocenters. The first-order valence-electron chi connectivity index (χ1n) is 7.03. The molecular formula is C15H20N2O6. The number of carbonyl (C=O) groups is 3. The molecule has 0 spiro atoms. The lowest BCUT2D eigenvalue weighted by Crippen LogP contribution is -2.65. The number of carbonyl (C=O) groups excluding carboxylic acids is 1. The second-order valence-corrected chi connectivity index (χ2v) is 5.16. The minimum absolute atomic E-state index is 0.0235. The molecule has 1 rings (SSSR count). The zero-order valence-corrected chi connectivity index (χ0v) is 12.4. The van der Waals surface area contributed by atoms with Gasteiger partial charge in [0.15, 0.2) is 0 Å². The third-order valence-corrected chi connectivity index (χ3v) is 3.30. The fourth-order valence-corrected chi connectivity index (χ4v) is 2.01. The first-order chi connectivity index (χ1) is 10.8. The van der Waals surface area contributed by atoms with Crippen molar-refractivity contribution in [2.24, 2.45) is 5.73 Å². The van der Waals surface area contributed by atoms with Crippen LogP contribution in [0, 0.1) is 0 Å². The lowest BCUT2D eigenvalue weighted by atomic mass is 10.0. The Balaban J connectivity index is 2.57. The van der Waals surface area contributed by atoms with E-state index < -0.39 is 36.0 Å². The Labute approximate surface area is 132 Å². The van der Waals surface area contributed by atoms with Gasteiger partial charge in [0.2, 0.25) is 5.91 Å². The summed E-state index contributed by atoms with van der Waals surface area (Å²) in [5.41, 5.74) is 3.60. The quantitative estimate of drug-likeness (QED) is 0.391. The maximum atomic E-state index is 11.8. The monoisotopic (exact) mass is 324 g/mol. The van der Waals surface area contributed by atoms with Crippen molar-refractivity contribution >= 4 is 17.8 Å². The molecule has 0 aromatic heterocycles. The summed E-state index contributed by atoms with van der Waals surface area (Å²) in [4.78, 5) is 33.5. The molecule has 1 aromatic carbocycles. The molecule has 2 atom stereocenters. The smallest absolute Gasteiger partial charge is 0.358 e. The van der Waals surface area contributed by atoms with Crippen LogP contribution in [0.25, 0.3) is 0 Å². The SMILES string of the molecule is N[C@H](CC(=O)O)[C@@](O)(NC(=O)CCCc1ccccc1)C(=O)O. The van der Waals surface area contributed by atoms with E-state index in [1.165, 1.54) is 0 Å². The van der Waals surface area contributed by atoms with Crippen molar-refractivity contribution < 1.29 is 29.7 Å². The van der Waals surface area contributed by atoms with Gasteiger partial charge in [0.25, 0.3) is 5.72 Å². The number of aliphatic hydroxyl groups is 1. The van der Waals surface area contributed by atoms with Crippen LogP contribution < -0.4 is 11.1 Å². The van der Waals surface area contributed by atoms with Crippen LogP contribution in [-0.2, 0) is 20.8 Å². The fourth-order valence-electron chi connectivity index (χ4n) is 2.01. The number of amides is 1. The van der Waals surface area contributed by atoms with Crippen LogP contribution in [0.3, 0.4) is 0 Å². The van der Waals surface area contributed by atoms with Gasteiger partial charge in [-0.3, -0.25) is 9.59 Å². The second-order valence-electron chi connectivity index (χ2n) is 5.16. The van der Waals surface area contributed by atoms with Gasteiger partial charge in [-0.2, -0.15) is 0 Å². The minimum Gasteiger partial charge on any atom is -0.481 e.